The van der Waals surface area contributed by atoms with E-state index in [0.717, 1.165) is 17.9 Å². The van der Waals surface area contributed by atoms with Gasteiger partial charge < -0.3 is 9.84 Å². The average molecular weight is 263 g/mol. The van der Waals surface area contributed by atoms with E-state index in [1.165, 1.54) is 0 Å². The lowest BCUT2D eigenvalue weighted by Crippen LogP contribution is -2.36. The van der Waals surface area contributed by atoms with Crippen LogP contribution in [-0.2, 0) is 6.54 Å². The molecule has 1 rings (SSSR count). The van der Waals surface area contributed by atoms with Gasteiger partial charge in [0.1, 0.15) is 12.4 Å². The van der Waals surface area contributed by atoms with Crippen LogP contribution >= 0.6 is 0 Å². The molecule has 3 nitrogen and oxygen atoms in total. The molecule has 106 valence electrons. The van der Waals surface area contributed by atoms with Gasteiger partial charge in [-0.2, -0.15) is 0 Å². The third-order valence-electron chi connectivity index (χ3n) is 2.93. The average Bonchev–Trinajstić information content (AvgIpc) is 2.36. The van der Waals surface area contributed by atoms with E-state index >= 15 is 0 Å². The molecule has 0 spiro atoms. The highest BCUT2D eigenvalue weighted by molar-refractivity contribution is 5.33. The lowest BCUT2D eigenvalue weighted by molar-refractivity contribution is 0.102. The van der Waals surface area contributed by atoms with Gasteiger partial charge in [0.2, 0.25) is 0 Å². The molecule has 0 saturated heterocycles. The number of hydrogen-bond donors (Lipinski definition) is 1. The van der Waals surface area contributed by atoms with Gasteiger partial charge in [-0.1, -0.05) is 30.9 Å². The van der Waals surface area contributed by atoms with Gasteiger partial charge in [-0.15, -0.1) is 0 Å². The Hall–Kier alpha value is -1.32. The summed E-state index contributed by atoms with van der Waals surface area (Å²) in [6, 6.07) is 8.39. The number of para-hydroxylation sites is 1. The van der Waals surface area contributed by atoms with Gasteiger partial charge in [-0.05, 0) is 26.8 Å². The van der Waals surface area contributed by atoms with Crippen LogP contribution in [0.25, 0.3) is 0 Å². The van der Waals surface area contributed by atoms with Crippen LogP contribution in [0.1, 0.15) is 26.3 Å². The second-order valence-electron chi connectivity index (χ2n) is 5.08. The summed E-state index contributed by atoms with van der Waals surface area (Å²) in [5, 5.41) is 9.57. The standard InChI is InChI=1S/C16H25NO2/c1-5-10-19-16-9-7-6-8-15(16)12-17(13(2)3)11-14(4)18/h5-9,13-14,18H,1,10-12H2,2-4H3. The van der Waals surface area contributed by atoms with Crippen molar-refractivity contribution in [3.05, 3.63) is 42.5 Å². The molecule has 1 N–H and O–H groups in total. The summed E-state index contributed by atoms with van der Waals surface area (Å²) in [6.45, 7) is 11.7. The second kappa shape index (κ2) is 7.97. The zero-order chi connectivity index (χ0) is 14.3. The largest absolute Gasteiger partial charge is 0.489 e. The Bertz CT molecular complexity index is 388. The summed E-state index contributed by atoms with van der Waals surface area (Å²) >= 11 is 0. The predicted octanol–water partition coefficient (Wildman–Crippen LogP) is 2.84. The van der Waals surface area contributed by atoms with Gasteiger partial charge in [-0.25, -0.2) is 0 Å². The van der Waals surface area contributed by atoms with E-state index in [-0.39, 0.29) is 6.10 Å². The number of ether oxygens (including phenoxy) is 1. The highest BCUT2D eigenvalue weighted by Gasteiger charge is 2.14. The number of nitrogens with zero attached hydrogens (tertiary/aromatic N) is 1. The van der Waals surface area contributed by atoms with Crippen LogP contribution in [0.3, 0.4) is 0 Å². The molecule has 0 fully saturated rings. The zero-order valence-corrected chi connectivity index (χ0v) is 12.2. The Morgan fingerprint density at radius 3 is 2.58 bits per heavy atom. The molecule has 19 heavy (non-hydrogen) atoms. The summed E-state index contributed by atoms with van der Waals surface area (Å²) in [5.74, 6) is 0.888. The normalized spacial score (nSPS) is 12.7. The van der Waals surface area contributed by atoms with Crippen LogP contribution in [0.4, 0.5) is 0 Å². The smallest absolute Gasteiger partial charge is 0.124 e. The van der Waals surface area contributed by atoms with Crippen molar-refractivity contribution in [3.8, 4) is 5.75 Å². The first-order valence-corrected chi connectivity index (χ1v) is 6.78. The molecule has 3 heteroatoms. The van der Waals surface area contributed by atoms with E-state index < -0.39 is 0 Å². The maximum absolute atomic E-state index is 9.57. The van der Waals surface area contributed by atoms with Crippen LogP contribution in [0, 0.1) is 0 Å². The molecular formula is C16H25NO2. The molecule has 0 aliphatic carbocycles. The molecule has 1 unspecified atom stereocenters. The highest BCUT2D eigenvalue weighted by Crippen LogP contribution is 2.21. The zero-order valence-electron chi connectivity index (χ0n) is 12.2. The Labute approximate surface area is 116 Å². The number of aliphatic hydroxyl groups excluding tert-OH is 1. The van der Waals surface area contributed by atoms with Crippen molar-refractivity contribution < 1.29 is 9.84 Å². The molecule has 0 aliphatic rings. The maximum atomic E-state index is 9.57. The second-order valence-corrected chi connectivity index (χ2v) is 5.08. The van der Waals surface area contributed by atoms with Crippen molar-refractivity contribution in [1.29, 1.82) is 0 Å². The number of hydrogen-bond acceptors (Lipinski definition) is 3. The van der Waals surface area contributed by atoms with Crippen molar-refractivity contribution in [1.82, 2.24) is 4.90 Å². The molecule has 0 radical (unpaired) electrons. The number of rotatable bonds is 8. The quantitative estimate of drug-likeness (QED) is 0.732. The third-order valence-corrected chi connectivity index (χ3v) is 2.93. The van der Waals surface area contributed by atoms with Crippen molar-refractivity contribution in [2.75, 3.05) is 13.2 Å². The van der Waals surface area contributed by atoms with E-state index in [9.17, 15) is 5.11 Å². The Balaban J connectivity index is 2.80. The van der Waals surface area contributed by atoms with E-state index in [2.05, 4.69) is 31.4 Å². The minimum atomic E-state index is -0.330. The van der Waals surface area contributed by atoms with Crippen LogP contribution in [-0.4, -0.2) is 35.3 Å². The fourth-order valence-electron chi connectivity index (χ4n) is 1.94. The van der Waals surface area contributed by atoms with E-state index in [4.69, 9.17) is 4.74 Å². The first-order chi connectivity index (χ1) is 9.04. The van der Waals surface area contributed by atoms with Gasteiger partial charge in [0.15, 0.2) is 0 Å². The van der Waals surface area contributed by atoms with Gasteiger partial charge in [0.25, 0.3) is 0 Å². The van der Waals surface area contributed by atoms with E-state index in [0.29, 0.717) is 19.2 Å². The van der Waals surface area contributed by atoms with Crippen molar-refractivity contribution >= 4 is 0 Å². The Morgan fingerprint density at radius 1 is 1.32 bits per heavy atom. The molecule has 0 heterocycles. The summed E-state index contributed by atoms with van der Waals surface area (Å²) in [5.41, 5.74) is 1.14. The molecule has 0 saturated carbocycles. The number of benzene rings is 1. The van der Waals surface area contributed by atoms with Crippen LogP contribution in [0.15, 0.2) is 36.9 Å². The molecule has 0 amide bonds. The van der Waals surface area contributed by atoms with Crippen molar-refractivity contribution in [2.24, 2.45) is 0 Å². The Kier molecular flexibility index (Phi) is 6.60. The summed E-state index contributed by atoms with van der Waals surface area (Å²) in [6.07, 6.45) is 1.41. The molecule has 0 bridgehead atoms. The van der Waals surface area contributed by atoms with E-state index in [1.54, 1.807) is 6.08 Å². The minimum Gasteiger partial charge on any atom is -0.489 e. The lowest BCUT2D eigenvalue weighted by Gasteiger charge is -2.28. The topological polar surface area (TPSA) is 32.7 Å². The molecule has 1 aromatic carbocycles. The van der Waals surface area contributed by atoms with Gasteiger partial charge in [-0.3, -0.25) is 4.90 Å². The molecule has 0 aromatic heterocycles. The molecular weight excluding hydrogens is 238 g/mol. The third kappa shape index (κ3) is 5.45. The lowest BCUT2D eigenvalue weighted by atomic mass is 10.1. The van der Waals surface area contributed by atoms with Gasteiger partial charge >= 0.3 is 0 Å². The summed E-state index contributed by atoms with van der Waals surface area (Å²) < 4.78 is 5.66. The van der Waals surface area contributed by atoms with Crippen molar-refractivity contribution in [2.45, 2.75) is 39.5 Å². The summed E-state index contributed by atoms with van der Waals surface area (Å²) in [7, 11) is 0. The first-order valence-electron chi connectivity index (χ1n) is 6.78. The fraction of sp³-hybridized carbons (Fsp3) is 0.500. The van der Waals surface area contributed by atoms with Crippen LogP contribution in [0.2, 0.25) is 0 Å². The monoisotopic (exact) mass is 263 g/mol. The van der Waals surface area contributed by atoms with Crippen molar-refractivity contribution in [3.63, 3.8) is 0 Å². The first kappa shape index (κ1) is 15.7. The highest BCUT2D eigenvalue weighted by atomic mass is 16.5. The molecule has 0 aliphatic heterocycles. The van der Waals surface area contributed by atoms with Crippen LogP contribution < -0.4 is 4.74 Å². The van der Waals surface area contributed by atoms with E-state index in [1.807, 2.05) is 25.1 Å². The fourth-order valence-corrected chi connectivity index (χ4v) is 1.94. The molecule has 1 aromatic rings. The summed E-state index contributed by atoms with van der Waals surface area (Å²) in [4.78, 5) is 2.24. The van der Waals surface area contributed by atoms with Gasteiger partial charge in [0.05, 0.1) is 6.10 Å². The van der Waals surface area contributed by atoms with Crippen LogP contribution in [0.5, 0.6) is 5.75 Å². The number of aliphatic hydroxyl groups is 1. The molecule has 1 atom stereocenters. The Morgan fingerprint density at radius 2 is 2.00 bits per heavy atom. The SMILES string of the molecule is C=CCOc1ccccc1CN(CC(C)O)C(C)C. The van der Waals surface area contributed by atoms with Gasteiger partial charge in [0, 0.05) is 24.7 Å². The minimum absolute atomic E-state index is 0.330. The maximum Gasteiger partial charge on any atom is 0.124 e. The predicted molar refractivity (Wildman–Crippen MR) is 79.4 cm³/mol.